The van der Waals surface area contributed by atoms with Gasteiger partial charge in [-0.3, -0.25) is 9.69 Å². The lowest BCUT2D eigenvalue weighted by Gasteiger charge is -2.30. The molecule has 0 radical (unpaired) electrons. The maximum atomic E-state index is 12.8. The molecule has 1 amide bonds. The molecule has 1 aliphatic heterocycles. The molecule has 2 heterocycles. The number of benzene rings is 2. The fourth-order valence-electron chi connectivity index (χ4n) is 2.63. The Balaban J connectivity index is 1.61. The van der Waals surface area contributed by atoms with Crippen molar-refractivity contribution in [3.05, 3.63) is 70.9 Å². The van der Waals surface area contributed by atoms with E-state index in [1.807, 2.05) is 48.5 Å². The summed E-state index contributed by atoms with van der Waals surface area (Å²) in [6.07, 6.45) is 0. The van der Waals surface area contributed by atoms with Crippen LogP contribution in [0.1, 0.15) is 9.67 Å². The summed E-state index contributed by atoms with van der Waals surface area (Å²) in [4.78, 5) is 29.0. The van der Waals surface area contributed by atoms with Crippen molar-refractivity contribution in [2.75, 3.05) is 11.5 Å². The van der Waals surface area contributed by atoms with Crippen LogP contribution in [0.5, 0.6) is 0 Å². The minimum Gasteiger partial charge on any atom is -0.451 e. The van der Waals surface area contributed by atoms with Crippen LogP contribution in [0, 0.1) is 0 Å². The molecule has 0 spiro atoms. The van der Waals surface area contributed by atoms with E-state index in [2.05, 4.69) is 0 Å². The molecule has 0 saturated carbocycles. The summed E-state index contributed by atoms with van der Waals surface area (Å²) in [5, 5.41) is 1.80. The lowest BCUT2D eigenvalue weighted by atomic mass is 10.2. The number of amides is 1. The average Bonchev–Trinajstić information content (AvgIpc) is 3.18. The Kier molecular flexibility index (Phi) is 4.29. The standard InChI is InChI=1S/C19H13NO3S2/c21-18(12-23-19(22)17-10-5-11-24-17)20-13-6-1-3-8-15(13)25-16-9-4-2-7-14(16)20/h1-11H,12H2. The molecule has 0 unspecified atom stereocenters. The van der Waals surface area contributed by atoms with Gasteiger partial charge in [0.05, 0.1) is 11.4 Å². The summed E-state index contributed by atoms with van der Waals surface area (Å²) in [6, 6.07) is 18.9. The predicted octanol–water partition coefficient (Wildman–Crippen LogP) is 4.73. The third-order valence-electron chi connectivity index (χ3n) is 3.73. The van der Waals surface area contributed by atoms with Crippen molar-refractivity contribution in [2.45, 2.75) is 9.79 Å². The number of nitrogens with zero attached hydrogens (tertiary/aromatic N) is 1. The molecule has 124 valence electrons. The Morgan fingerprint density at radius 1 is 0.880 bits per heavy atom. The molecule has 0 saturated heterocycles. The number of hydrogen-bond donors (Lipinski definition) is 0. The zero-order valence-electron chi connectivity index (χ0n) is 13.0. The monoisotopic (exact) mass is 367 g/mol. The molecule has 1 aromatic heterocycles. The number of fused-ring (bicyclic) bond motifs is 2. The van der Waals surface area contributed by atoms with E-state index >= 15 is 0 Å². The lowest BCUT2D eigenvalue weighted by Crippen LogP contribution is -2.32. The van der Waals surface area contributed by atoms with Crippen LogP contribution in [-0.2, 0) is 9.53 Å². The van der Waals surface area contributed by atoms with E-state index in [1.54, 1.807) is 34.2 Å². The van der Waals surface area contributed by atoms with E-state index in [0.717, 1.165) is 21.2 Å². The molecule has 0 N–H and O–H groups in total. The highest BCUT2D eigenvalue weighted by atomic mass is 32.2. The van der Waals surface area contributed by atoms with Crippen molar-refractivity contribution >= 4 is 46.3 Å². The SMILES string of the molecule is O=C(OCC(=O)N1c2ccccc2Sc2ccccc21)c1cccs1. The maximum Gasteiger partial charge on any atom is 0.348 e. The van der Waals surface area contributed by atoms with Gasteiger partial charge in [-0.2, -0.15) is 0 Å². The van der Waals surface area contributed by atoms with Crippen molar-refractivity contribution < 1.29 is 14.3 Å². The van der Waals surface area contributed by atoms with Gasteiger partial charge in [0.1, 0.15) is 4.88 Å². The Morgan fingerprint density at radius 3 is 2.12 bits per heavy atom. The van der Waals surface area contributed by atoms with Crippen molar-refractivity contribution in [2.24, 2.45) is 0 Å². The molecule has 25 heavy (non-hydrogen) atoms. The highest BCUT2D eigenvalue weighted by Crippen LogP contribution is 2.47. The van der Waals surface area contributed by atoms with Crippen molar-refractivity contribution in [1.29, 1.82) is 0 Å². The molecular weight excluding hydrogens is 354 g/mol. The molecule has 0 aliphatic carbocycles. The van der Waals surface area contributed by atoms with E-state index in [4.69, 9.17) is 4.74 Å². The van der Waals surface area contributed by atoms with E-state index in [-0.39, 0.29) is 12.5 Å². The molecule has 0 bridgehead atoms. The van der Waals surface area contributed by atoms with Gasteiger partial charge in [-0.05, 0) is 35.7 Å². The van der Waals surface area contributed by atoms with Crippen LogP contribution in [0.15, 0.2) is 75.8 Å². The zero-order valence-corrected chi connectivity index (χ0v) is 14.7. The van der Waals surface area contributed by atoms with E-state index in [9.17, 15) is 9.59 Å². The fraction of sp³-hybridized carbons (Fsp3) is 0.0526. The second kappa shape index (κ2) is 6.74. The van der Waals surface area contributed by atoms with Crippen LogP contribution in [0.2, 0.25) is 0 Å². The summed E-state index contributed by atoms with van der Waals surface area (Å²) in [5.74, 6) is -0.749. The molecule has 4 nitrogen and oxygen atoms in total. The number of ether oxygens (including phenoxy) is 1. The largest absolute Gasteiger partial charge is 0.451 e. The first kappa shape index (κ1) is 15.9. The number of thiophene rings is 1. The van der Waals surface area contributed by atoms with Crippen LogP contribution in [0.25, 0.3) is 0 Å². The number of carbonyl (C=O) groups excluding carboxylic acids is 2. The van der Waals surface area contributed by atoms with Crippen molar-refractivity contribution in [1.82, 2.24) is 0 Å². The predicted molar refractivity (Wildman–Crippen MR) is 98.8 cm³/mol. The second-order valence-electron chi connectivity index (χ2n) is 5.32. The molecule has 2 aromatic carbocycles. The van der Waals surface area contributed by atoms with Gasteiger partial charge in [-0.25, -0.2) is 4.79 Å². The third-order valence-corrected chi connectivity index (χ3v) is 5.71. The van der Waals surface area contributed by atoms with Gasteiger partial charge in [0, 0.05) is 9.79 Å². The topological polar surface area (TPSA) is 46.6 Å². The first-order valence-corrected chi connectivity index (χ1v) is 9.33. The van der Waals surface area contributed by atoms with E-state index in [1.165, 1.54) is 11.3 Å². The Morgan fingerprint density at radius 2 is 1.52 bits per heavy atom. The smallest absolute Gasteiger partial charge is 0.348 e. The van der Waals surface area contributed by atoms with Crippen molar-refractivity contribution in [3.63, 3.8) is 0 Å². The normalized spacial score (nSPS) is 12.2. The number of anilines is 2. The molecule has 1 aliphatic rings. The van der Waals surface area contributed by atoms with Gasteiger partial charge in [0.2, 0.25) is 0 Å². The Bertz CT molecular complexity index is 892. The highest BCUT2D eigenvalue weighted by Gasteiger charge is 2.28. The van der Waals surface area contributed by atoms with Crippen LogP contribution in [0.3, 0.4) is 0 Å². The molecule has 4 rings (SSSR count). The molecule has 3 aromatic rings. The van der Waals surface area contributed by atoms with Crippen LogP contribution in [0.4, 0.5) is 11.4 Å². The van der Waals surface area contributed by atoms with Gasteiger partial charge in [0.25, 0.3) is 5.91 Å². The summed E-state index contributed by atoms with van der Waals surface area (Å²) < 4.78 is 5.20. The third kappa shape index (κ3) is 3.06. The number of esters is 1. The number of carbonyl (C=O) groups is 2. The average molecular weight is 367 g/mol. The van der Waals surface area contributed by atoms with E-state index < -0.39 is 5.97 Å². The Labute approximate surface area is 153 Å². The van der Waals surface area contributed by atoms with E-state index in [0.29, 0.717) is 4.88 Å². The van der Waals surface area contributed by atoms with Gasteiger partial charge < -0.3 is 4.74 Å². The minimum atomic E-state index is -0.476. The first-order valence-electron chi connectivity index (χ1n) is 7.63. The summed E-state index contributed by atoms with van der Waals surface area (Å²) in [6.45, 7) is -0.302. The quantitative estimate of drug-likeness (QED) is 0.628. The van der Waals surface area contributed by atoms with Crippen LogP contribution < -0.4 is 4.90 Å². The van der Waals surface area contributed by atoms with Crippen molar-refractivity contribution in [3.8, 4) is 0 Å². The lowest BCUT2D eigenvalue weighted by molar-refractivity contribution is -0.121. The van der Waals surface area contributed by atoms with Gasteiger partial charge in [0.15, 0.2) is 6.61 Å². The Hall–Kier alpha value is -2.57. The van der Waals surface area contributed by atoms with Crippen LogP contribution >= 0.6 is 23.1 Å². The maximum absolute atomic E-state index is 12.8. The van der Waals surface area contributed by atoms with Gasteiger partial charge in [-0.15, -0.1) is 11.3 Å². The van der Waals surface area contributed by atoms with Gasteiger partial charge >= 0.3 is 5.97 Å². The number of para-hydroxylation sites is 2. The number of rotatable bonds is 3. The zero-order chi connectivity index (χ0) is 17.2. The molecular formula is C19H13NO3S2. The number of hydrogen-bond acceptors (Lipinski definition) is 5. The summed E-state index contributed by atoms with van der Waals surface area (Å²) >= 11 is 2.92. The molecule has 0 fully saturated rings. The molecule has 0 atom stereocenters. The summed E-state index contributed by atoms with van der Waals surface area (Å²) in [5.41, 5.74) is 1.62. The highest BCUT2D eigenvalue weighted by molar-refractivity contribution is 7.99. The van der Waals surface area contributed by atoms with Crippen LogP contribution in [-0.4, -0.2) is 18.5 Å². The molecule has 6 heteroatoms. The fourth-order valence-corrected chi connectivity index (χ4v) is 4.30. The minimum absolute atomic E-state index is 0.273. The first-order chi connectivity index (χ1) is 12.2. The summed E-state index contributed by atoms with van der Waals surface area (Å²) in [7, 11) is 0. The van der Waals surface area contributed by atoms with Gasteiger partial charge in [-0.1, -0.05) is 42.1 Å². The second-order valence-corrected chi connectivity index (χ2v) is 7.35.